The van der Waals surface area contributed by atoms with E-state index in [0.29, 0.717) is 6.04 Å². The van der Waals surface area contributed by atoms with E-state index in [1.807, 2.05) is 19.1 Å². The van der Waals surface area contributed by atoms with Gasteiger partial charge in [-0.2, -0.15) is 0 Å². The first-order valence-electron chi connectivity index (χ1n) is 5.73. The number of methoxy groups -OCH3 is 1. The summed E-state index contributed by atoms with van der Waals surface area (Å²) in [7, 11) is 1.68. The van der Waals surface area contributed by atoms with Gasteiger partial charge >= 0.3 is 0 Å². The lowest BCUT2D eigenvalue weighted by atomic mass is 10.1. The van der Waals surface area contributed by atoms with Crippen LogP contribution >= 0.6 is 0 Å². The number of nitrogens with one attached hydrogen (secondary N) is 1. The number of hydrogen-bond acceptors (Lipinski definition) is 3. The maximum absolute atomic E-state index is 5.27. The van der Waals surface area contributed by atoms with Crippen molar-refractivity contribution in [1.82, 2.24) is 5.32 Å². The summed E-state index contributed by atoms with van der Waals surface area (Å²) in [5, 5.41) is 3.41. The maximum Gasteiger partial charge on any atom is 0.118 e. The molecule has 90 valence electrons. The van der Waals surface area contributed by atoms with Crippen LogP contribution in [0.1, 0.15) is 25.5 Å². The Morgan fingerprint density at radius 2 is 1.94 bits per heavy atom. The number of ether oxygens (including phenoxy) is 2. The second-order valence-corrected chi connectivity index (χ2v) is 3.65. The van der Waals surface area contributed by atoms with Crippen molar-refractivity contribution >= 4 is 0 Å². The molecule has 1 aromatic rings. The van der Waals surface area contributed by atoms with E-state index in [9.17, 15) is 0 Å². The van der Waals surface area contributed by atoms with E-state index in [1.54, 1.807) is 7.11 Å². The number of benzene rings is 1. The van der Waals surface area contributed by atoms with Gasteiger partial charge in [0, 0.05) is 19.2 Å². The fraction of sp³-hybridized carbons (Fsp3) is 0.538. The summed E-state index contributed by atoms with van der Waals surface area (Å²) in [6, 6.07) is 8.46. The zero-order chi connectivity index (χ0) is 11.8. The molecule has 0 bridgehead atoms. The van der Waals surface area contributed by atoms with Crippen molar-refractivity contribution in [3.8, 4) is 5.75 Å². The summed E-state index contributed by atoms with van der Waals surface area (Å²) in [6.45, 7) is 6.57. The van der Waals surface area contributed by atoms with Crippen LogP contribution in [0.15, 0.2) is 24.3 Å². The van der Waals surface area contributed by atoms with Gasteiger partial charge in [-0.05, 0) is 31.5 Å². The molecule has 0 spiro atoms. The Morgan fingerprint density at radius 1 is 1.25 bits per heavy atom. The van der Waals surface area contributed by atoms with Crippen molar-refractivity contribution in [2.24, 2.45) is 0 Å². The highest BCUT2D eigenvalue weighted by Gasteiger charge is 2.03. The molecule has 0 aromatic heterocycles. The van der Waals surface area contributed by atoms with Gasteiger partial charge in [0.2, 0.25) is 0 Å². The molecule has 3 heteroatoms. The molecule has 1 aromatic carbocycles. The Kier molecular flexibility index (Phi) is 5.90. The molecule has 1 rings (SSSR count). The highest BCUT2D eigenvalue weighted by Crippen LogP contribution is 2.16. The van der Waals surface area contributed by atoms with Gasteiger partial charge in [-0.25, -0.2) is 0 Å². The van der Waals surface area contributed by atoms with Crippen LogP contribution in [0.3, 0.4) is 0 Å². The van der Waals surface area contributed by atoms with Crippen LogP contribution in [0.4, 0.5) is 0 Å². The van der Waals surface area contributed by atoms with Crippen LogP contribution in [-0.4, -0.2) is 26.9 Å². The Labute approximate surface area is 97.8 Å². The van der Waals surface area contributed by atoms with E-state index >= 15 is 0 Å². The van der Waals surface area contributed by atoms with Crippen LogP contribution < -0.4 is 10.1 Å². The van der Waals surface area contributed by atoms with Crippen molar-refractivity contribution in [3.05, 3.63) is 29.8 Å². The van der Waals surface area contributed by atoms with Crippen molar-refractivity contribution in [1.29, 1.82) is 0 Å². The van der Waals surface area contributed by atoms with Crippen molar-refractivity contribution < 1.29 is 9.47 Å². The lowest BCUT2D eigenvalue weighted by Crippen LogP contribution is -2.23. The van der Waals surface area contributed by atoms with Gasteiger partial charge in [-0.3, -0.25) is 0 Å². The monoisotopic (exact) mass is 223 g/mol. The Bertz CT molecular complexity index is 284. The molecule has 0 aliphatic heterocycles. The third-order valence-corrected chi connectivity index (χ3v) is 2.52. The molecular weight excluding hydrogens is 202 g/mol. The second-order valence-electron chi connectivity index (χ2n) is 3.65. The molecule has 1 N–H and O–H groups in total. The van der Waals surface area contributed by atoms with Gasteiger partial charge in [-0.1, -0.05) is 12.1 Å². The standard InChI is InChI=1S/C13H21NO2/c1-4-16-10-9-14-11(2)12-5-7-13(15-3)8-6-12/h5-8,11,14H,4,9-10H2,1-3H3. The first-order chi connectivity index (χ1) is 7.77. The molecule has 0 aliphatic rings. The average molecular weight is 223 g/mol. The van der Waals surface area contributed by atoms with Crippen LogP contribution in [0.2, 0.25) is 0 Å². The fourth-order valence-corrected chi connectivity index (χ4v) is 1.50. The molecule has 16 heavy (non-hydrogen) atoms. The third kappa shape index (κ3) is 4.21. The Hall–Kier alpha value is -1.06. The highest BCUT2D eigenvalue weighted by molar-refractivity contribution is 5.28. The molecule has 0 amide bonds. The molecule has 0 fully saturated rings. The van der Waals surface area contributed by atoms with E-state index in [2.05, 4.69) is 24.4 Å². The highest BCUT2D eigenvalue weighted by atomic mass is 16.5. The van der Waals surface area contributed by atoms with Crippen LogP contribution in [0.5, 0.6) is 5.75 Å². The molecule has 1 unspecified atom stereocenters. The van der Waals surface area contributed by atoms with Gasteiger partial charge in [0.1, 0.15) is 5.75 Å². The van der Waals surface area contributed by atoms with Crippen molar-refractivity contribution in [2.45, 2.75) is 19.9 Å². The maximum atomic E-state index is 5.27. The van der Waals surface area contributed by atoms with E-state index in [1.165, 1.54) is 5.56 Å². The largest absolute Gasteiger partial charge is 0.497 e. The van der Waals surface area contributed by atoms with Gasteiger partial charge in [0.25, 0.3) is 0 Å². The minimum absolute atomic E-state index is 0.339. The van der Waals surface area contributed by atoms with Gasteiger partial charge in [0.05, 0.1) is 13.7 Å². The predicted molar refractivity (Wildman–Crippen MR) is 65.9 cm³/mol. The third-order valence-electron chi connectivity index (χ3n) is 2.52. The zero-order valence-corrected chi connectivity index (χ0v) is 10.3. The summed E-state index contributed by atoms with van der Waals surface area (Å²) >= 11 is 0. The summed E-state index contributed by atoms with van der Waals surface area (Å²) < 4.78 is 10.4. The molecular formula is C13H21NO2. The summed E-state index contributed by atoms with van der Waals surface area (Å²) in [5.74, 6) is 0.894. The molecule has 1 atom stereocenters. The number of hydrogen-bond donors (Lipinski definition) is 1. The zero-order valence-electron chi connectivity index (χ0n) is 10.3. The van der Waals surface area contributed by atoms with E-state index in [0.717, 1.165) is 25.5 Å². The van der Waals surface area contributed by atoms with E-state index < -0.39 is 0 Å². The van der Waals surface area contributed by atoms with Crippen molar-refractivity contribution in [3.63, 3.8) is 0 Å². The van der Waals surface area contributed by atoms with Crippen LogP contribution in [0.25, 0.3) is 0 Å². The summed E-state index contributed by atoms with van der Waals surface area (Å²) in [4.78, 5) is 0. The first-order valence-corrected chi connectivity index (χ1v) is 5.73. The molecule has 0 saturated carbocycles. The van der Waals surface area contributed by atoms with Crippen LogP contribution in [0, 0.1) is 0 Å². The molecule has 3 nitrogen and oxygen atoms in total. The van der Waals surface area contributed by atoms with E-state index in [4.69, 9.17) is 9.47 Å². The smallest absolute Gasteiger partial charge is 0.118 e. The lowest BCUT2D eigenvalue weighted by molar-refractivity contribution is 0.147. The van der Waals surface area contributed by atoms with E-state index in [-0.39, 0.29) is 0 Å². The minimum atomic E-state index is 0.339. The molecule has 0 aliphatic carbocycles. The predicted octanol–water partition coefficient (Wildman–Crippen LogP) is 2.38. The SMILES string of the molecule is CCOCCNC(C)c1ccc(OC)cc1. The van der Waals surface area contributed by atoms with Crippen molar-refractivity contribution in [2.75, 3.05) is 26.9 Å². The lowest BCUT2D eigenvalue weighted by Gasteiger charge is -2.14. The molecule has 0 heterocycles. The molecule has 0 saturated heterocycles. The first kappa shape index (κ1) is 13.0. The summed E-state index contributed by atoms with van der Waals surface area (Å²) in [6.07, 6.45) is 0. The van der Waals surface area contributed by atoms with Gasteiger partial charge < -0.3 is 14.8 Å². The molecule has 0 radical (unpaired) electrons. The minimum Gasteiger partial charge on any atom is -0.497 e. The Morgan fingerprint density at radius 3 is 2.50 bits per heavy atom. The topological polar surface area (TPSA) is 30.5 Å². The van der Waals surface area contributed by atoms with Gasteiger partial charge in [0.15, 0.2) is 0 Å². The number of rotatable bonds is 7. The second kappa shape index (κ2) is 7.25. The fourth-order valence-electron chi connectivity index (χ4n) is 1.50. The summed E-state index contributed by atoms with van der Waals surface area (Å²) in [5.41, 5.74) is 1.26. The normalized spacial score (nSPS) is 12.4. The van der Waals surface area contributed by atoms with Gasteiger partial charge in [-0.15, -0.1) is 0 Å². The quantitative estimate of drug-likeness (QED) is 0.720. The average Bonchev–Trinajstić information content (AvgIpc) is 2.34. The Balaban J connectivity index is 2.37. The van der Waals surface area contributed by atoms with Crippen LogP contribution in [-0.2, 0) is 4.74 Å².